The monoisotopic (exact) mass is 346 g/mol. The minimum absolute atomic E-state index is 0.130. The Hall–Kier alpha value is -1.20. The fraction of sp³-hybridized carbons (Fsp3) is 0.684. The number of pyridine rings is 1. The van der Waals surface area contributed by atoms with E-state index < -0.39 is 0 Å². The first-order valence-electron chi connectivity index (χ1n) is 8.99. The van der Waals surface area contributed by atoms with Crippen LogP contribution in [0.4, 0.5) is 0 Å². The Balaban J connectivity index is 1.65. The molecule has 2 aliphatic rings. The Bertz CT molecular complexity index is 564. The highest BCUT2D eigenvalue weighted by molar-refractivity contribution is 7.80. The number of rotatable bonds is 4. The van der Waals surface area contributed by atoms with E-state index in [9.17, 15) is 0 Å². The van der Waals surface area contributed by atoms with Crippen molar-refractivity contribution in [1.29, 1.82) is 0 Å². The molecule has 2 fully saturated rings. The normalized spacial score (nSPS) is 22.8. The summed E-state index contributed by atoms with van der Waals surface area (Å²) in [6.07, 6.45) is 8.38. The third-order valence-corrected chi connectivity index (χ3v) is 5.22. The minimum atomic E-state index is 0.130. The SMILES string of the molecule is CC1(C)CC(NC(=S)N(Cc2ccncc2)C2CC2)CC(C)(C)N1. The molecule has 0 bridgehead atoms. The molecule has 1 aliphatic heterocycles. The predicted molar refractivity (Wildman–Crippen MR) is 103 cm³/mol. The van der Waals surface area contributed by atoms with E-state index in [0.29, 0.717) is 12.1 Å². The van der Waals surface area contributed by atoms with Gasteiger partial charge in [0.05, 0.1) is 0 Å². The van der Waals surface area contributed by atoms with Gasteiger partial charge in [0.15, 0.2) is 5.11 Å². The molecule has 0 unspecified atom stereocenters. The van der Waals surface area contributed by atoms with Crippen molar-refractivity contribution >= 4 is 17.3 Å². The van der Waals surface area contributed by atoms with E-state index in [0.717, 1.165) is 24.5 Å². The molecule has 4 nitrogen and oxygen atoms in total. The van der Waals surface area contributed by atoms with Crippen LogP contribution in [-0.2, 0) is 6.54 Å². The van der Waals surface area contributed by atoms with E-state index in [2.05, 4.69) is 60.3 Å². The average Bonchev–Trinajstić information content (AvgIpc) is 3.26. The molecule has 1 saturated carbocycles. The summed E-state index contributed by atoms with van der Waals surface area (Å²) in [7, 11) is 0. The molecule has 5 heteroatoms. The molecule has 1 aromatic rings. The minimum Gasteiger partial charge on any atom is -0.360 e. The number of nitrogens with zero attached hydrogens (tertiary/aromatic N) is 2. The molecule has 3 rings (SSSR count). The largest absolute Gasteiger partial charge is 0.360 e. The van der Waals surface area contributed by atoms with Crippen molar-refractivity contribution in [3.63, 3.8) is 0 Å². The molecule has 2 heterocycles. The highest BCUT2D eigenvalue weighted by Gasteiger charge is 2.39. The van der Waals surface area contributed by atoms with Gasteiger partial charge in [0.2, 0.25) is 0 Å². The van der Waals surface area contributed by atoms with Gasteiger partial charge in [0, 0.05) is 42.1 Å². The van der Waals surface area contributed by atoms with Gasteiger partial charge in [-0.05, 0) is 83.3 Å². The molecule has 1 aliphatic carbocycles. The van der Waals surface area contributed by atoms with Crippen LogP contribution in [0, 0.1) is 0 Å². The van der Waals surface area contributed by atoms with Crippen LogP contribution in [0.25, 0.3) is 0 Å². The summed E-state index contributed by atoms with van der Waals surface area (Å²) in [6, 6.07) is 5.17. The zero-order valence-electron chi connectivity index (χ0n) is 15.3. The van der Waals surface area contributed by atoms with Gasteiger partial charge in [-0.3, -0.25) is 4.98 Å². The van der Waals surface area contributed by atoms with Crippen molar-refractivity contribution in [1.82, 2.24) is 20.5 Å². The molecular formula is C19H30N4S. The van der Waals surface area contributed by atoms with Crippen molar-refractivity contribution in [2.75, 3.05) is 0 Å². The van der Waals surface area contributed by atoms with Crippen LogP contribution in [0.5, 0.6) is 0 Å². The highest BCUT2D eigenvalue weighted by Crippen LogP contribution is 2.31. The van der Waals surface area contributed by atoms with Gasteiger partial charge in [-0.1, -0.05) is 0 Å². The summed E-state index contributed by atoms with van der Waals surface area (Å²) in [5, 5.41) is 8.32. The fourth-order valence-corrected chi connectivity index (χ4v) is 4.50. The average molecular weight is 347 g/mol. The smallest absolute Gasteiger partial charge is 0.169 e. The van der Waals surface area contributed by atoms with Crippen LogP contribution in [0.2, 0.25) is 0 Å². The maximum absolute atomic E-state index is 5.80. The Kier molecular flexibility index (Phi) is 4.85. The maximum atomic E-state index is 5.80. The highest BCUT2D eigenvalue weighted by atomic mass is 32.1. The fourth-order valence-electron chi connectivity index (χ4n) is 4.12. The van der Waals surface area contributed by atoms with E-state index in [1.165, 1.54) is 18.4 Å². The van der Waals surface area contributed by atoms with Crippen LogP contribution >= 0.6 is 12.2 Å². The van der Waals surface area contributed by atoms with Gasteiger partial charge < -0.3 is 15.5 Å². The lowest BCUT2D eigenvalue weighted by molar-refractivity contribution is 0.153. The second-order valence-corrected chi connectivity index (χ2v) is 9.05. The Morgan fingerprint density at radius 1 is 1.21 bits per heavy atom. The van der Waals surface area contributed by atoms with Crippen molar-refractivity contribution < 1.29 is 0 Å². The number of thiocarbonyl (C=S) groups is 1. The van der Waals surface area contributed by atoms with Crippen LogP contribution < -0.4 is 10.6 Å². The van der Waals surface area contributed by atoms with Crippen LogP contribution in [-0.4, -0.2) is 38.2 Å². The van der Waals surface area contributed by atoms with Crippen molar-refractivity contribution in [3.05, 3.63) is 30.1 Å². The molecule has 0 radical (unpaired) electrons. The topological polar surface area (TPSA) is 40.2 Å². The quantitative estimate of drug-likeness (QED) is 0.819. The first-order valence-corrected chi connectivity index (χ1v) is 9.40. The van der Waals surface area contributed by atoms with Crippen molar-refractivity contribution in [2.24, 2.45) is 0 Å². The van der Waals surface area contributed by atoms with Crippen LogP contribution in [0.15, 0.2) is 24.5 Å². The summed E-state index contributed by atoms with van der Waals surface area (Å²) in [4.78, 5) is 6.48. The second-order valence-electron chi connectivity index (χ2n) is 8.66. The predicted octanol–water partition coefficient (Wildman–Crippen LogP) is 3.23. The third-order valence-electron chi connectivity index (χ3n) is 4.87. The summed E-state index contributed by atoms with van der Waals surface area (Å²) in [5.74, 6) is 0. The zero-order valence-corrected chi connectivity index (χ0v) is 16.1. The van der Waals surface area contributed by atoms with Crippen LogP contribution in [0.1, 0.15) is 58.9 Å². The summed E-state index contributed by atoms with van der Waals surface area (Å²) < 4.78 is 0. The number of hydrogen-bond acceptors (Lipinski definition) is 3. The standard InChI is InChI=1S/C19H30N4S/c1-18(2)11-15(12-19(3,4)22-18)21-17(24)23(16-5-6-16)13-14-7-9-20-10-8-14/h7-10,15-16,22H,5-6,11-13H2,1-4H3,(H,21,24). The molecule has 0 atom stereocenters. The molecule has 0 amide bonds. The van der Waals surface area contributed by atoms with E-state index in [-0.39, 0.29) is 11.1 Å². The first-order chi connectivity index (χ1) is 11.2. The molecule has 2 N–H and O–H groups in total. The van der Waals surface area contributed by atoms with Gasteiger partial charge in [0.25, 0.3) is 0 Å². The number of hydrogen-bond donors (Lipinski definition) is 2. The van der Waals surface area contributed by atoms with Gasteiger partial charge in [-0.25, -0.2) is 0 Å². The molecule has 132 valence electrons. The van der Waals surface area contributed by atoms with Gasteiger partial charge in [0.1, 0.15) is 0 Å². The summed E-state index contributed by atoms with van der Waals surface area (Å²) in [6.45, 7) is 9.99. The van der Waals surface area contributed by atoms with Crippen molar-refractivity contribution in [3.8, 4) is 0 Å². The Labute approximate surface area is 151 Å². The molecule has 24 heavy (non-hydrogen) atoms. The lowest BCUT2D eigenvalue weighted by atomic mass is 9.80. The maximum Gasteiger partial charge on any atom is 0.169 e. The summed E-state index contributed by atoms with van der Waals surface area (Å²) >= 11 is 5.80. The molecular weight excluding hydrogens is 316 g/mol. The summed E-state index contributed by atoms with van der Waals surface area (Å²) in [5.41, 5.74) is 1.53. The lowest BCUT2D eigenvalue weighted by Gasteiger charge is -2.47. The van der Waals surface area contributed by atoms with E-state index in [1.807, 2.05) is 12.4 Å². The number of aromatic nitrogens is 1. The Morgan fingerprint density at radius 2 is 1.79 bits per heavy atom. The van der Waals surface area contributed by atoms with Gasteiger partial charge in [-0.2, -0.15) is 0 Å². The van der Waals surface area contributed by atoms with E-state index in [1.54, 1.807) is 0 Å². The molecule has 0 aromatic carbocycles. The Morgan fingerprint density at radius 3 is 2.33 bits per heavy atom. The molecule has 1 saturated heterocycles. The van der Waals surface area contributed by atoms with E-state index in [4.69, 9.17) is 12.2 Å². The third kappa shape index (κ3) is 4.67. The number of nitrogens with one attached hydrogen (secondary N) is 2. The molecule has 1 aromatic heterocycles. The zero-order chi connectivity index (χ0) is 17.4. The van der Waals surface area contributed by atoms with Gasteiger partial charge >= 0.3 is 0 Å². The first kappa shape index (κ1) is 17.6. The lowest BCUT2D eigenvalue weighted by Crippen LogP contribution is -2.63. The van der Waals surface area contributed by atoms with E-state index >= 15 is 0 Å². The van der Waals surface area contributed by atoms with Crippen LogP contribution in [0.3, 0.4) is 0 Å². The number of piperidine rings is 1. The van der Waals surface area contributed by atoms with Gasteiger partial charge in [-0.15, -0.1) is 0 Å². The second kappa shape index (κ2) is 6.60. The molecule has 0 spiro atoms. The van der Waals surface area contributed by atoms with Crippen molar-refractivity contribution in [2.45, 2.75) is 83.1 Å².